The number of nitrogens with zero attached hydrogens (tertiary/aromatic N) is 3. The van der Waals surface area contributed by atoms with Crippen molar-refractivity contribution in [2.24, 2.45) is 5.92 Å². The molecule has 0 aliphatic carbocycles. The Balaban J connectivity index is 1.44. The molecule has 6 nitrogen and oxygen atoms in total. The minimum absolute atomic E-state index is 0.103. The molecule has 7 heteroatoms. The minimum atomic E-state index is -0.444. The monoisotopic (exact) mass is 422 g/mol. The SMILES string of the molecule is Cc1cc(=O)c(C(=O)NC[C@@H]2CCN(c3ccccc3)C2)nn1-c1ccc(Cl)cc1. The van der Waals surface area contributed by atoms with E-state index in [1.165, 1.54) is 11.8 Å². The second-order valence-corrected chi connectivity index (χ2v) is 7.97. The van der Waals surface area contributed by atoms with E-state index in [1.807, 2.05) is 18.2 Å². The first kappa shape index (κ1) is 20.2. The average Bonchev–Trinajstić information content (AvgIpc) is 3.23. The number of para-hydroxylation sites is 1. The van der Waals surface area contributed by atoms with Crippen LogP contribution in [-0.2, 0) is 0 Å². The van der Waals surface area contributed by atoms with Gasteiger partial charge in [0.05, 0.1) is 5.69 Å². The molecule has 1 atom stereocenters. The van der Waals surface area contributed by atoms with Crippen molar-refractivity contribution in [3.8, 4) is 5.69 Å². The number of benzene rings is 2. The molecule has 3 aromatic rings. The largest absolute Gasteiger partial charge is 0.371 e. The highest BCUT2D eigenvalue weighted by atomic mass is 35.5. The molecule has 0 saturated carbocycles. The topological polar surface area (TPSA) is 67.2 Å². The van der Waals surface area contributed by atoms with Gasteiger partial charge in [0, 0.05) is 42.1 Å². The molecule has 1 N–H and O–H groups in total. The summed E-state index contributed by atoms with van der Waals surface area (Å²) in [6.45, 7) is 4.12. The van der Waals surface area contributed by atoms with Gasteiger partial charge < -0.3 is 10.2 Å². The Morgan fingerprint density at radius 3 is 2.60 bits per heavy atom. The zero-order chi connectivity index (χ0) is 21.1. The second kappa shape index (κ2) is 8.71. The number of aromatic nitrogens is 2. The standard InChI is InChI=1S/C23H23ClN4O2/c1-16-13-21(29)22(26-28(16)20-9-7-18(24)8-10-20)23(30)25-14-17-11-12-27(15-17)19-5-3-2-4-6-19/h2-10,13,17H,11-12,14-15H2,1H3,(H,25,30)/t17-/m0/s1. The lowest BCUT2D eigenvalue weighted by Gasteiger charge is -2.18. The van der Waals surface area contributed by atoms with E-state index in [9.17, 15) is 9.59 Å². The molecule has 30 heavy (non-hydrogen) atoms. The number of nitrogens with one attached hydrogen (secondary N) is 1. The predicted molar refractivity (Wildman–Crippen MR) is 119 cm³/mol. The van der Waals surface area contributed by atoms with Gasteiger partial charge in [0.15, 0.2) is 5.69 Å². The fraction of sp³-hybridized carbons (Fsp3) is 0.261. The summed E-state index contributed by atoms with van der Waals surface area (Å²) in [5.74, 6) is -0.112. The van der Waals surface area contributed by atoms with Gasteiger partial charge >= 0.3 is 0 Å². The summed E-state index contributed by atoms with van der Waals surface area (Å²) in [5, 5.41) is 7.82. The van der Waals surface area contributed by atoms with Gasteiger partial charge in [-0.3, -0.25) is 9.59 Å². The number of carbonyl (C=O) groups excluding carboxylic acids is 1. The molecule has 2 heterocycles. The number of hydrogen-bond acceptors (Lipinski definition) is 4. The fourth-order valence-electron chi connectivity index (χ4n) is 3.74. The maximum Gasteiger partial charge on any atom is 0.275 e. The van der Waals surface area contributed by atoms with Crippen LogP contribution in [0.5, 0.6) is 0 Å². The number of rotatable bonds is 5. The highest BCUT2D eigenvalue weighted by Crippen LogP contribution is 2.23. The van der Waals surface area contributed by atoms with Crippen molar-refractivity contribution in [2.45, 2.75) is 13.3 Å². The van der Waals surface area contributed by atoms with Crippen molar-refractivity contribution in [3.63, 3.8) is 0 Å². The van der Waals surface area contributed by atoms with Crippen LogP contribution in [0.3, 0.4) is 0 Å². The number of hydrogen-bond donors (Lipinski definition) is 1. The van der Waals surface area contributed by atoms with Crippen molar-refractivity contribution in [2.75, 3.05) is 24.5 Å². The third-order valence-electron chi connectivity index (χ3n) is 5.35. The molecule has 2 aromatic carbocycles. The smallest absolute Gasteiger partial charge is 0.275 e. The van der Waals surface area contributed by atoms with Crippen molar-refractivity contribution in [1.82, 2.24) is 15.1 Å². The molecule has 1 aromatic heterocycles. The summed E-state index contributed by atoms with van der Waals surface area (Å²) in [5.41, 5.74) is 2.09. The number of carbonyl (C=O) groups is 1. The molecule has 0 radical (unpaired) electrons. The van der Waals surface area contributed by atoms with Crippen LogP contribution in [0.4, 0.5) is 5.69 Å². The van der Waals surface area contributed by atoms with E-state index in [1.54, 1.807) is 35.9 Å². The third kappa shape index (κ3) is 4.39. The molecular formula is C23H23ClN4O2. The van der Waals surface area contributed by atoms with E-state index in [-0.39, 0.29) is 11.1 Å². The van der Waals surface area contributed by atoms with Crippen LogP contribution in [0.2, 0.25) is 5.02 Å². The van der Waals surface area contributed by atoms with E-state index in [0.29, 0.717) is 23.2 Å². The molecule has 154 valence electrons. The Morgan fingerprint density at radius 1 is 1.13 bits per heavy atom. The molecule has 1 aliphatic rings. The highest BCUT2D eigenvalue weighted by Gasteiger charge is 2.24. The van der Waals surface area contributed by atoms with Gasteiger partial charge in [-0.25, -0.2) is 4.68 Å². The molecule has 0 spiro atoms. The molecule has 0 unspecified atom stereocenters. The first-order valence-electron chi connectivity index (χ1n) is 9.96. The third-order valence-corrected chi connectivity index (χ3v) is 5.60. The van der Waals surface area contributed by atoms with Crippen LogP contribution in [0.15, 0.2) is 65.5 Å². The molecule has 1 amide bonds. The summed E-state index contributed by atoms with van der Waals surface area (Å²) < 4.78 is 1.58. The molecule has 1 aliphatic heterocycles. The van der Waals surface area contributed by atoms with Gasteiger partial charge in [-0.2, -0.15) is 5.10 Å². The van der Waals surface area contributed by atoms with Crippen LogP contribution < -0.4 is 15.6 Å². The Hall–Kier alpha value is -3.12. The maximum atomic E-state index is 12.7. The van der Waals surface area contributed by atoms with Crippen LogP contribution in [0.1, 0.15) is 22.6 Å². The first-order valence-corrected chi connectivity index (χ1v) is 10.3. The average molecular weight is 423 g/mol. The Morgan fingerprint density at radius 2 is 1.87 bits per heavy atom. The van der Waals surface area contributed by atoms with Crippen molar-refractivity contribution < 1.29 is 4.79 Å². The van der Waals surface area contributed by atoms with E-state index < -0.39 is 5.91 Å². The van der Waals surface area contributed by atoms with Crippen molar-refractivity contribution in [1.29, 1.82) is 0 Å². The summed E-state index contributed by atoms with van der Waals surface area (Å²) >= 11 is 5.95. The van der Waals surface area contributed by atoms with Crippen LogP contribution in [-0.4, -0.2) is 35.3 Å². The number of halogens is 1. The molecule has 1 fully saturated rings. The number of anilines is 1. The van der Waals surface area contributed by atoms with Crippen LogP contribution in [0.25, 0.3) is 5.69 Å². The zero-order valence-electron chi connectivity index (χ0n) is 16.7. The summed E-state index contributed by atoms with van der Waals surface area (Å²) in [6.07, 6.45) is 0.992. The normalized spacial score (nSPS) is 15.9. The van der Waals surface area contributed by atoms with Gasteiger partial charge in [-0.15, -0.1) is 0 Å². The molecule has 4 rings (SSSR count). The number of amides is 1. The predicted octanol–water partition coefficient (Wildman–Crippen LogP) is 3.45. The summed E-state index contributed by atoms with van der Waals surface area (Å²) in [4.78, 5) is 27.4. The van der Waals surface area contributed by atoms with E-state index >= 15 is 0 Å². The Labute approximate surface area is 180 Å². The van der Waals surface area contributed by atoms with Crippen LogP contribution >= 0.6 is 11.6 Å². The second-order valence-electron chi connectivity index (χ2n) is 7.53. The Bertz CT molecular complexity index is 1100. The number of aryl methyl sites for hydroxylation is 1. The van der Waals surface area contributed by atoms with Gasteiger partial charge in [-0.05, 0) is 55.7 Å². The van der Waals surface area contributed by atoms with Crippen molar-refractivity contribution in [3.05, 3.63) is 87.3 Å². The highest BCUT2D eigenvalue weighted by molar-refractivity contribution is 6.30. The van der Waals surface area contributed by atoms with E-state index in [0.717, 1.165) is 25.2 Å². The Kier molecular flexibility index (Phi) is 5.86. The van der Waals surface area contributed by atoms with E-state index in [2.05, 4.69) is 27.4 Å². The molecule has 0 bridgehead atoms. The van der Waals surface area contributed by atoms with Crippen LogP contribution in [0, 0.1) is 12.8 Å². The minimum Gasteiger partial charge on any atom is -0.371 e. The summed E-state index contributed by atoms with van der Waals surface area (Å²) in [7, 11) is 0. The zero-order valence-corrected chi connectivity index (χ0v) is 17.5. The van der Waals surface area contributed by atoms with Gasteiger partial charge in [0.1, 0.15) is 0 Å². The summed E-state index contributed by atoms with van der Waals surface area (Å²) in [6, 6.07) is 18.8. The first-order chi connectivity index (χ1) is 14.5. The van der Waals surface area contributed by atoms with Gasteiger partial charge in [0.2, 0.25) is 5.43 Å². The quantitative estimate of drug-likeness (QED) is 0.683. The molecular weight excluding hydrogens is 400 g/mol. The fourth-order valence-corrected chi connectivity index (χ4v) is 3.87. The lowest BCUT2D eigenvalue weighted by atomic mass is 10.1. The van der Waals surface area contributed by atoms with Gasteiger partial charge in [0.25, 0.3) is 5.91 Å². The molecule has 1 saturated heterocycles. The lowest BCUT2D eigenvalue weighted by molar-refractivity contribution is 0.0940. The van der Waals surface area contributed by atoms with Crippen molar-refractivity contribution >= 4 is 23.2 Å². The maximum absolute atomic E-state index is 12.7. The van der Waals surface area contributed by atoms with E-state index in [4.69, 9.17) is 11.6 Å². The van der Waals surface area contributed by atoms with Gasteiger partial charge in [-0.1, -0.05) is 29.8 Å². The lowest BCUT2D eigenvalue weighted by Crippen LogP contribution is -2.35.